The molecule has 0 spiro atoms. The quantitative estimate of drug-likeness (QED) is 0.338. The van der Waals surface area contributed by atoms with E-state index in [2.05, 4.69) is 6.92 Å². The summed E-state index contributed by atoms with van der Waals surface area (Å²) in [5, 5.41) is -0.758. The normalized spacial score (nSPS) is 15.5. The molecular formula is C21H19ClO4. The largest absolute Gasteiger partial charge is 0.452 e. The van der Waals surface area contributed by atoms with Gasteiger partial charge in [-0.3, -0.25) is 9.59 Å². The number of esters is 1. The van der Waals surface area contributed by atoms with Crippen LogP contribution in [-0.2, 0) is 11.2 Å². The van der Waals surface area contributed by atoms with Gasteiger partial charge in [0.25, 0.3) is 0 Å². The van der Waals surface area contributed by atoms with Gasteiger partial charge in [0.05, 0.1) is 5.56 Å². The summed E-state index contributed by atoms with van der Waals surface area (Å²) in [6, 6.07) is 11.1. The van der Waals surface area contributed by atoms with Gasteiger partial charge in [-0.25, -0.2) is 0 Å². The van der Waals surface area contributed by atoms with Crippen molar-refractivity contribution in [2.45, 2.75) is 32.6 Å². The number of ketones is 1. The van der Waals surface area contributed by atoms with Gasteiger partial charge in [-0.2, -0.15) is 0 Å². The highest BCUT2D eigenvalue weighted by Gasteiger charge is 2.30. The number of alkyl halides is 1. The molecule has 0 bridgehead atoms. The number of halogens is 1. The minimum absolute atomic E-state index is 0.189. The van der Waals surface area contributed by atoms with Crippen LogP contribution in [0.25, 0.3) is 6.08 Å². The van der Waals surface area contributed by atoms with Crippen LogP contribution in [0.3, 0.4) is 0 Å². The van der Waals surface area contributed by atoms with Crippen molar-refractivity contribution < 1.29 is 19.1 Å². The summed E-state index contributed by atoms with van der Waals surface area (Å²) >= 11 is 5.74. The molecule has 0 fully saturated rings. The molecule has 5 heteroatoms. The molecule has 1 atom stereocenters. The van der Waals surface area contributed by atoms with E-state index in [-0.39, 0.29) is 11.5 Å². The number of rotatable bonds is 4. The Hall–Kier alpha value is -2.59. The van der Waals surface area contributed by atoms with E-state index in [9.17, 15) is 9.59 Å². The van der Waals surface area contributed by atoms with E-state index in [4.69, 9.17) is 21.1 Å². The molecule has 1 heterocycles. The summed E-state index contributed by atoms with van der Waals surface area (Å²) in [5.41, 5.74) is 3.16. The maximum atomic E-state index is 12.6. The van der Waals surface area contributed by atoms with Crippen LogP contribution in [0.5, 0.6) is 11.5 Å². The first kappa shape index (κ1) is 18.2. The molecule has 2 aromatic carbocycles. The number of hydrogen-bond acceptors (Lipinski definition) is 4. The minimum Gasteiger partial charge on any atom is -0.452 e. The van der Waals surface area contributed by atoms with Crippen molar-refractivity contribution in [2.75, 3.05) is 0 Å². The van der Waals surface area contributed by atoms with E-state index in [1.807, 2.05) is 24.3 Å². The average Bonchev–Trinajstić information content (AvgIpc) is 2.94. The van der Waals surface area contributed by atoms with Gasteiger partial charge in [0.15, 0.2) is 5.76 Å². The second-order valence-electron chi connectivity index (χ2n) is 6.14. The lowest BCUT2D eigenvalue weighted by molar-refractivity contribution is -0.133. The van der Waals surface area contributed by atoms with Crippen LogP contribution in [0.2, 0.25) is 0 Å². The second-order valence-corrected chi connectivity index (χ2v) is 6.79. The smallest absolute Gasteiger partial charge is 0.329 e. The summed E-state index contributed by atoms with van der Waals surface area (Å²) in [4.78, 5) is 24.3. The van der Waals surface area contributed by atoms with E-state index < -0.39 is 11.3 Å². The Labute approximate surface area is 157 Å². The number of hydrogen-bond donors (Lipinski definition) is 0. The zero-order valence-corrected chi connectivity index (χ0v) is 15.6. The fourth-order valence-corrected chi connectivity index (χ4v) is 2.71. The van der Waals surface area contributed by atoms with Crippen LogP contribution in [0.4, 0.5) is 0 Å². The van der Waals surface area contributed by atoms with Crippen molar-refractivity contribution in [2.24, 2.45) is 0 Å². The minimum atomic E-state index is -0.758. The zero-order chi connectivity index (χ0) is 18.8. The van der Waals surface area contributed by atoms with E-state index in [0.29, 0.717) is 22.6 Å². The van der Waals surface area contributed by atoms with Crippen molar-refractivity contribution in [1.82, 2.24) is 0 Å². The average molecular weight is 371 g/mol. The number of carbonyl (C=O) groups is 2. The van der Waals surface area contributed by atoms with E-state index in [0.717, 1.165) is 12.0 Å². The lowest BCUT2D eigenvalue weighted by Crippen LogP contribution is -2.18. The molecule has 0 amide bonds. The fraction of sp³-hybridized carbons (Fsp3) is 0.238. The summed E-state index contributed by atoms with van der Waals surface area (Å²) in [6.07, 6.45) is 2.67. The molecule has 0 aromatic heterocycles. The van der Waals surface area contributed by atoms with Crippen molar-refractivity contribution in [1.29, 1.82) is 0 Å². The van der Waals surface area contributed by atoms with E-state index in [1.54, 1.807) is 25.1 Å². The molecule has 1 aliphatic rings. The predicted molar refractivity (Wildman–Crippen MR) is 101 cm³/mol. The van der Waals surface area contributed by atoms with Crippen molar-refractivity contribution in [3.63, 3.8) is 0 Å². The number of benzene rings is 2. The number of Topliss-reactive ketones (excluding diaryl/α,β-unsaturated/α-hetero) is 1. The molecule has 0 radical (unpaired) electrons. The molecule has 0 saturated heterocycles. The van der Waals surface area contributed by atoms with Gasteiger partial charge in [0.2, 0.25) is 5.78 Å². The number of aryl methyl sites for hydroxylation is 1. The SMILES string of the molecule is CCc1ccc(/C=C2\Oc3c(ccc(OC(=O)C(C)Cl)c3C)C2=O)cc1. The van der Waals surface area contributed by atoms with Crippen LogP contribution in [0.15, 0.2) is 42.2 Å². The van der Waals surface area contributed by atoms with Crippen molar-refractivity contribution in [3.05, 3.63) is 64.4 Å². The Morgan fingerprint density at radius 3 is 2.54 bits per heavy atom. The van der Waals surface area contributed by atoms with E-state index >= 15 is 0 Å². The van der Waals surface area contributed by atoms with Crippen LogP contribution < -0.4 is 9.47 Å². The van der Waals surface area contributed by atoms with Gasteiger partial charge in [0.1, 0.15) is 16.9 Å². The summed E-state index contributed by atoms with van der Waals surface area (Å²) in [7, 11) is 0. The third kappa shape index (κ3) is 3.51. The van der Waals surface area contributed by atoms with Crippen LogP contribution in [-0.4, -0.2) is 17.1 Å². The molecule has 0 aliphatic carbocycles. The first-order valence-corrected chi connectivity index (χ1v) is 8.87. The summed E-state index contributed by atoms with van der Waals surface area (Å²) in [6.45, 7) is 5.37. The Balaban J connectivity index is 1.89. The summed E-state index contributed by atoms with van der Waals surface area (Å²) in [5.74, 6) is 0.264. The molecular weight excluding hydrogens is 352 g/mol. The van der Waals surface area contributed by atoms with Gasteiger partial charge in [0, 0.05) is 5.56 Å². The molecule has 1 unspecified atom stereocenters. The van der Waals surface area contributed by atoms with Crippen LogP contribution >= 0.6 is 11.6 Å². The third-order valence-electron chi connectivity index (χ3n) is 4.26. The van der Waals surface area contributed by atoms with Gasteiger partial charge >= 0.3 is 5.97 Å². The number of ether oxygens (including phenoxy) is 2. The molecule has 3 rings (SSSR count). The lowest BCUT2D eigenvalue weighted by atomic mass is 10.0. The molecule has 4 nitrogen and oxygen atoms in total. The maximum Gasteiger partial charge on any atom is 0.329 e. The highest BCUT2D eigenvalue weighted by molar-refractivity contribution is 6.29. The highest BCUT2D eigenvalue weighted by Crippen LogP contribution is 2.39. The van der Waals surface area contributed by atoms with E-state index in [1.165, 1.54) is 12.5 Å². The first-order valence-electron chi connectivity index (χ1n) is 8.43. The molecule has 0 saturated carbocycles. The monoisotopic (exact) mass is 370 g/mol. The van der Waals surface area contributed by atoms with Gasteiger partial charge in [-0.05, 0) is 49.6 Å². The summed E-state index contributed by atoms with van der Waals surface area (Å²) < 4.78 is 11.0. The van der Waals surface area contributed by atoms with Crippen LogP contribution in [0, 0.1) is 6.92 Å². The Bertz CT molecular complexity index is 895. The molecule has 1 aliphatic heterocycles. The van der Waals surface area contributed by atoms with Gasteiger partial charge < -0.3 is 9.47 Å². The van der Waals surface area contributed by atoms with Gasteiger partial charge in [-0.15, -0.1) is 11.6 Å². The maximum absolute atomic E-state index is 12.6. The lowest BCUT2D eigenvalue weighted by Gasteiger charge is -2.10. The molecule has 26 heavy (non-hydrogen) atoms. The second kappa shape index (κ2) is 7.34. The Kier molecular flexibility index (Phi) is 5.14. The Morgan fingerprint density at radius 1 is 1.23 bits per heavy atom. The molecule has 0 N–H and O–H groups in total. The van der Waals surface area contributed by atoms with Crippen molar-refractivity contribution >= 4 is 29.4 Å². The highest BCUT2D eigenvalue weighted by atomic mass is 35.5. The predicted octanol–water partition coefficient (Wildman–Crippen LogP) is 4.71. The van der Waals surface area contributed by atoms with Crippen LogP contribution in [0.1, 0.15) is 40.9 Å². The number of fused-ring (bicyclic) bond motifs is 1. The third-order valence-corrected chi connectivity index (χ3v) is 4.44. The Morgan fingerprint density at radius 2 is 1.92 bits per heavy atom. The fourth-order valence-electron chi connectivity index (χ4n) is 2.67. The standard InChI is InChI=1S/C21H19ClO4/c1-4-14-5-7-15(8-6-14)11-18-19(23)16-9-10-17(12(2)20(16)25-18)26-21(24)13(3)22/h5-11,13H,4H2,1-3H3/b18-11-. The van der Waals surface area contributed by atoms with Gasteiger partial charge in [-0.1, -0.05) is 31.2 Å². The molecule has 134 valence electrons. The van der Waals surface area contributed by atoms with Crippen molar-refractivity contribution in [3.8, 4) is 11.5 Å². The topological polar surface area (TPSA) is 52.6 Å². The first-order chi connectivity index (χ1) is 12.4. The molecule has 2 aromatic rings. The number of allylic oxidation sites excluding steroid dienone is 1. The zero-order valence-electron chi connectivity index (χ0n) is 14.8. The number of carbonyl (C=O) groups excluding carboxylic acids is 2.